The van der Waals surface area contributed by atoms with Crippen molar-refractivity contribution in [1.29, 1.82) is 0 Å². The summed E-state index contributed by atoms with van der Waals surface area (Å²) in [5.74, 6) is 0.0393. The molecule has 1 aromatic carbocycles. The molecule has 0 amide bonds. The zero-order chi connectivity index (χ0) is 16.7. The van der Waals surface area contributed by atoms with Crippen molar-refractivity contribution in [3.63, 3.8) is 0 Å². The number of aryl methyl sites for hydroxylation is 2. The van der Waals surface area contributed by atoms with Crippen molar-refractivity contribution in [2.75, 3.05) is 0 Å². The van der Waals surface area contributed by atoms with E-state index in [9.17, 15) is 9.18 Å². The summed E-state index contributed by atoms with van der Waals surface area (Å²) in [5.41, 5.74) is 1.76. The van der Waals surface area contributed by atoms with Gasteiger partial charge >= 0.3 is 0 Å². The first kappa shape index (κ1) is 15.5. The Balaban J connectivity index is 1.79. The minimum Gasteiger partial charge on any atom is -0.305 e. The standard InChI is InChI=1S/C18H14ClFN2OS/c19-13(9-10-5-7-11(20)8-6-10)16-21-17(23)15-12-3-1-2-4-14(12)24-18(15)22-16/h5-9H,1-4H2,(H,21,22,23)/b13-9-. The number of hydrogen-bond acceptors (Lipinski definition) is 3. The molecule has 2 heterocycles. The smallest absolute Gasteiger partial charge is 0.260 e. The topological polar surface area (TPSA) is 45.8 Å². The molecule has 0 radical (unpaired) electrons. The van der Waals surface area contributed by atoms with Gasteiger partial charge in [0.1, 0.15) is 10.6 Å². The molecule has 0 bridgehead atoms. The van der Waals surface area contributed by atoms with E-state index in [1.807, 2.05) is 0 Å². The minimum atomic E-state index is -0.305. The average molecular weight is 361 g/mol. The first-order valence-electron chi connectivity index (χ1n) is 7.79. The second-order valence-electron chi connectivity index (χ2n) is 5.85. The van der Waals surface area contributed by atoms with E-state index in [4.69, 9.17) is 11.6 Å². The van der Waals surface area contributed by atoms with Crippen LogP contribution in [0.3, 0.4) is 0 Å². The van der Waals surface area contributed by atoms with Gasteiger partial charge in [-0.3, -0.25) is 4.79 Å². The molecule has 3 aromatic rings. The Bertz CT molecular complexity index is 1000. The zero-order valence-corrected chi connectivity index (χ0v) is 14.3. The van der Waals surface area contributed by atoms with Crippen molar-refractivity contribution in [3.8, 4) is 0 Å². The van der Waals surface area contributed by atoms with Gasteiger partial charge in [0.15, 0.2) is 5.82 Å². The van der Waals surface area contributed by atoms with Crippen LogP contribution in [0, 0.1) is 5.82 Å². The van der Waals surface area contributed by atoms with Gasteiger partial charge in [-0.2, -0.15) is 0 Å². The second-order valence-corrected chi connectivity index (χ2v) is 7.34. The second kappa shape index (κ2) is 6.15. The summed E-state index contributed by atoms with van der Waals surface area (Å²) in [6, 6.07) is 5.97. The van der Waals surface area contributed by atoms with Gasteiger partial charge in [0, 0.05) is 4.88 Å². The molecule has 2 aromatic heterocycles. The molecule has 0 atom stereocenters. The molecule has 0 saturated heterocycles. The summed E-state index contributed by atoms with van der Waals surface area (Å²) >= 11 is 7.91. The summed E-state index contributed by atoms with van der Waals surface area (Å²) in [4.78, 5) is 21.8. The summed E-state index contributed by atoms with van der Waals surface area (Å²) in [6.45, 7) is 0. The number of aromatic nitrogens is 2. The van der Waals surface area contributed by atoms with Crippen LogP contribution < -0.4 is 5.56 Å². The van der Waals surface area contributed by atoms with Crippen LogP contribution in [0.4, 0.5) is 4.39 Å². The van der Waals surface area contributed by atoms with E-state index in [1.54, 1.807) is 29.5 Å². The number of nitrogens with one attached hydrogen (secondary N) is 1. The number of benzene rings is 1. The van der Waals surface area contributed by atoms with Crippen molar-refractivity contribution in [3.05, 3.63) is 62.3 Å². The van der Waals surface area contributed by atoms with Gasteiger partial charge in [0.05, 0.1) is 10.4 Å². The van der Waals surface area contributed by atoms with E-state index < -0.39 is 0 Å². The van der Waals surface area contributed by atoms with Crippen LogP contribution in [-0.2, 0) is 12.8 Å². The summed E-state index contributed by atoms with van der Waals surface area (Å²) in [5, 5.41) is 1.04. The Hall–Kier alpha value is -1.98. The van der Waals surface area contributed by atoms with Crippen molar-refractivity contribution in [2.24, 2.45) is 0 Å². The predicted octanol–water partition coefficient (Wildman–Crippen LogP) is 4.74. The highest BCUT2D eigenvalue weighted by Gasteiger charge is 2.20. The lowest BCUT2D eigenvalue weighted by Crippen LogP contribution is -2.12. The quantitative estimate of drug-likeness (QED) is 0.717. The Kier molecular flexibility index (Phi) is 3.98. The fourth-order valence-electron chi connectivity index (χ4n) is 3.05. The summed E-state index contributed by atoms with van der Waals surface area (Å²) in [7, 11) is 0. The van der Waals surface area contributed by atoms with E-state index in [0.717, 1.165) is 41.6 Å². The number of thiophene rings is 1. The van der Waals surface area contributed by atoms with Crippen LogP contribution in [0.5, 0.6) is 0 Å². The first-order chi connectivity index (χ1) is 11.6. The Morgan fingerprint density at radius 3 is 2.79 bits per heavy atom. The molecule has 1 N–H and O–H groups in total. The van der Waals surface area contributed by atoms with Crippen LogP contribution in [0.25, 0.3) is 21.3 Å². The Morgan fingerprint density at radius 2 is 2.00 bits per heavy atom. The molecule has 1 aliphatic carbocycles. The van der Waals surface area contributed by atoms with Crippen LogP contribution in [0.1, 0.15) is 34.7 Å². The third-order valence-electron chi connectivity index (χ3n) is 4.21. The predicted molar refractivity (Wildman–Crippen MR) is 97.0 cm³/mol. The fraction of sp³-hybridized carbons (Fsp3) is 0.222. The van der Waals surface area contributed by atoms with E-state index in [2.05, 4.69) is 9.97 Å². The van der Waals surface area contributed by atoms with Gasteiger partial charge in [-0.15, -0.1) is 11.3 Å². The molecular formula is C18H14ClFN2OS. The highest BCUT2D eigenvalue weighted by atomic mass is 35.5. The molecule has 24 heavy (non-hydrogen) atoms. The number of nitrogens with zero attached hydrogens (tertiary/aromatic N) is 1. The third-order valence-corrected chi connectivity index (χ3v) is 5.69. The van der Waals surface area contributed by atoms with E-state index in [-0.39, 0.29) is 11.4 Å². The Morgan fingerprint density at radius 1 is 1.25 bits per heavy atom. The number of hydrogen-bond donors (Lipinski definition) is 1. The number of aromatic amines is 1. The normalized spacial score (nSPS) is 14.8. The number of fused-ring (bicyclic) bond motifs is 3. The van der Waals surface area contributed by atoms with Gasteiger partial charge in [-0.25, -0.2) is 9.37 Å². The van der Waals surface area contributed by atoms with Crippen molar-refractivity contribution < 1.29 is 4.39 Å². The van der Waals surface area contributed by atoms with Crippen LogP contribution in [0.15, 0.2) is 29.1 Å². The van der Waals surface area contributed by atoms with E-state index in [1.165, 1.54) is 17.0 Å². The Labute approximate surface area is 146 Å². The monoisotopic (exact) mass is 360 g/mol. The maximum Gasteiger partial charge on any atom is 0.260 e. The molecule has 0 spiro atoms. The summed E-state index contributed by atoms with van der Waals surface area (Å²) < 4.78 is 13.0. The molecule has 0 fully saturated rings. The van der Waals surface area contributed by atoms with Gasteiger partial charge in [0.2, 0.25) is 0 Å². The first-order valence-corrected chi connectivity index (χ1v) is 8.99. The number of halogens is 2. The zero-order valence-electron chi connectivity index (χ0n) is 12.7. The van der Waals surface area contributed by atoms with E-state index >= 15 is 0 Å². The highest BCUT2D eigenvalue weighted by Crippen LogP contribution is 2.34. The maximum atomic E-state index is 13.0. The van der Waals surface area contributed by atoms with E-state index in [0.29, 0.717) is 16.2 Å². The van der Waals surface area contributed by atoms with Crippen LogP contribution in [-0.4, -0.2) is 9.97 Å². The van der Waals surface area contributed by atoms with Gasteiger partial charge in [0.25, 0.3) is 5.56 Å². The van der Waals surface area contributed by atoms with Gasteiger partial charge < -0.3 is 4.98 Å². The third kappa shape index (κ3) is 2.78. The molecule has 1 aliphatic rings. The molecule has 122 valence electrons. The molecule has 6 heteroatoms. The van der Waals surface area contributed by atoms with Gasteiger partial charge in [-0.05, 0) is 55.0 Å². The van der Waals surface area contributed by atoms with Crippen LogP contribution in [0.2, 0.25) is 0 Å². The lowest BCUT2D eigenvalue weighted by molar-refractivity contribution is 0.628. The van der Waals surface area contributed by atoms with Crippen molar-refractivity contribution >= 4 is 44.3 Å². The largest absolute Gasteiger partial charge is 0.305 e. The molecular weight excluding hydrogens is 347 g/mol. The lowest BCUT2D eigenvalue weighted by Gasteiger charge is -2.09. The number of H-pyrrole nitrogens is 1. The molecule has 0 saturated carbocycles. The molecule has 0 unspecified atom stereocenters. The van der Waals surface area contributed by atoms with Crippen LogP contribution >= 0.6 is 22.9 Å². The maximum absolute atomic E-state index is 13.0. The molecule has 3 nitrogen and oxygen atoms in total. The summed E-state index contributed by atoms with van der Waals surface area (Å²) in [6.07, 6.45) is 5.91. The fourth-order valence-corrected chi connectivity index (χ4v) is 4.53. The highest BCUT2D eigenvalue weighted by molar-refractivity contribution is 7.18. The van der Waals surface area contributed by atoms with Crippen molar-refractivity contribution in [2.45, 2.75) is 25.7 Å². The average Bonchev–Trinajstić information content (AvgIpc) is 2.95. The minimum absolute atomic E-state index is 0.139. The van der Waals surface area contributed by atoms with Gasteiger partial charge in [-0.1, -0.05) is 23.7 Å². The lowest BCUT2D eigenvalue weighted by atomic mass is 9.97. The SMILES string of the molecule is O=c1[nH]c(/C(Cl)=C/c2ccc(F)cc2)nc2sc3c(c12)CCCC3. The molecule has 4 rings (SSSR count). The number of rotatable bonds is 2. The van der Waals surface area contributed by atoms with Crippen molar-refractivity contribution in [1.82, 2.24) is 9.97 Å². The molecule has 0 aliphatic heterocycles.